The Morgan fingerprint density at radius 3 is 2.31 bits per heavy atom. The first-order chi connectivity index (χ1) is 7.79. The second-order valence-electron chi connectivity index (χ2n) is 6.57. The minimum atomic E-state index is 1.01. The molecule has 3 atom stereocenters. The Kier molecular flexibility index (Phi) is 4.73. The van der Waals surface area contributed by atoms with Crippen LogP contribution in [0.5, 0.6) is 0 Å². The van der Waals surface area contributed by atoms with Crippen LogP contribution < -0.4 is 0 Å². The largest absolute Gasteiger partial charge is 0.0651 e. The summed E-state index contributed by atoms with van der Waals surface area (Å²) in [5, 5.41) is 0. The fourth-order valence-electron chi connectivity index (χ4n) is 4.19. The summed E-state index contributed by atoms with van der Waals surface area (Å²) in [5.74, 6) is 4.26. The SMILES string of the molecule is CCC1CC(C)CCC1CCC1CCCC1. The maximum Gasteiger partial charge on any atom is -0.0386 e. The van der Waals surface area contributed by atoms with E-state index in [1.807, 2.05) is 0 Å². The van der Waals surface area contributed by atoms with Gasteiger partial charge >= 0.3 is 0 Å². The van der Waals surface area contributed by atoms with Gasteiger partial charge in [0.25, 0.3) is 0 Å². The van der Waals surface area contributed by atoms with Crippen LogP contribution in [0.25, 0.3) is 0 Å². The molecular formula is C16H30. The van der Waals surface area contributed by atoms with E-state index in [0.717, 1.165) is 23.7 Å². The first-order valence-electron chi connectivity index (χ1n) is 7.79. The van der Waals surface area contributed by atoms with Crippen LogP contribution in [0.2, 0.25) is 0 Å². The van der Waals surface area contributed by atoms with E-state index in [0.29, 0.717) is 0 Å². The predicted octanol–water partition coefficient (Wildman–Crippen LogP) is 5.42. The van der Waals surface area contributed by atoms with Gasteiger partial charge in [0.2, 0.25) is 0 Å². The van der Waals surface area contributed by atoms with Crippen LogP contribution in [0, 0.1) is 23.7 Å². The Hall–Kier alpha value is 0. The van der Waals surface area contributed by atoms with Crippen LogP contribution in [-0.2, 0) is 0 Å². The van der Waals surface area contributed by atoms with Crippen molar-refractivity contribution in [3.63, 3.8) is 0 Å². The summed E-state index contributed by atoms with van der Waals surface area (Å²) in [6, 6.07) is 0. The van der Waals surface area contributed by atoms with Crippen molar-refractivity contribution >= 4 is 0 Å². The molecule has 16 heavy (non-hydrogen) atoms. The Balaban J connectivity index is 1.74. The molecule has 0 bridgehead atoms. The fourth-order valence-corrected chi connectivity index (χ4v) is 4.19. The van der Waals surface area contributed by atoms with E-state index in [9.17, 15) is 0 Å². The molecule has 2 aliphatic rings. The fraction of sp³-hybridized carbons (Fsp3) is 1.00. The van der Waals surface area contributed by atoms with Gasteiger partial charge in [-0.3, -0.25) is 0 Å². The molecule has 94 valence electrons. The van der Waals surface area contributed by atoms with Crippen LogP contribution in [0.4, 0.5) is 0 Å². The molecule has 0 radical (unpaired) electrons. The van der Waals surface area contributed by atoms with Crippen LogP contribution in [-0.4, -0.2) is 0 Å². The van der Waals surface area contributed by atoms with Crippen molar-refractivity contribution in [2.75, 3.05) is 0 Å². The number of hydrogen-bond donors (Lipinski definition) is 0. The molecule has 2 aliphatic carbocycles. The highest BCUT2D eigenvalue weighted by molar-refractivity contribution is 4.79. The monoisotopic (exact) mass is 222 g/mol. The van der Waals surface area contributed by atoms with E-state index >= 15 is 0 Å². The highest BCUT2D eigenvalue weighted by Gasteiger charge is 2.28. The minimum absolute atomic E-state index is 1.01. The van der Waals surface area contributed by atoms with Crippen LogP contribution in [0.3, 0.4) is 0 Å². The summed E-state index contributed by atoms with van der Waals surface area (Å²) in [4.78, 5) is 0. The summed E-state index contributed by atoms with van der Waals surface area (Å²) in [6.07, 6.45) is 15.2. The maximum atomic E-state index is 2.45. The molecule has 0 N–H and O–H groups in total. The topological polar surface area (TPSA) is 0 Å². The van der Waals surface area contributed by atoms with Gasteiger partial charge in [-0.15, -0.1) is 0 Å². The Morgan fingerprint density at radius 1 is 0.875 bits per heavy atom. The molecule has 2 rings (SSSR count). The third kappa shape index (κ3) is 3.25. The molecule has 0 aromatic heterocycles. The molecule has 0 aliphatic heterocycles. The molecule has 0 heterocycles. The summed E-state index contributed by atoms with van der Waals surface area (Å²) in [7, 11) is 0. The lowest BCUT2D eigenvalue weighted by Crippen LogP contribution is -2.23. The molecule has 0 aromatic rings. The zero-order chi connectivity index (χ0) is 11.4. The van der Waals surface area contributed by atoms with E-state index in [2.05, 4.69) is 13.8 Å². The highest BCUT2D eigenvalue weighted by Crippen LogP contribution is 2.40. The Morgan fingerprint density at radius 2 is 1.62 bits per heavy atom. The first kappa shape index (κ1) is 12.5. The lowest BCUT2D eigenvalue weighted by Gasteiger charge is -2.35. The molecule has 0 aromatic carbocycles. The second-order valence-corrected chi connectivity index (χ2v) is 6.57. The molecule has 3 unspecified atom stereocenters. The van der Waals surface area contributed by atoms with Gasteiger partial charge in [-0.1, -0.05) is 58.8 Å². The highest BCUT2D eigenvalue weighted by atomic mass is 14.3. The van der Waals surface area contributed by atoms with Crippen molar-refractivity contribution < 1.29 is 0 Å². The van der Waals surface area contributed by atoms with Gasteiger partial charge in [0.1, 0.15) is 0 Å². The van der Waals surface area contributed by atoms with Gasteiger partial charge in [-0.25, -0.2) is 0 Å². The lowest BCUT2D eigenvalue weighted by molar-refractivity contribution is 0.165. The summed E-state index contributed by atoms with van der Waals surface area (Å²) in [5.41, 5.74) is 0. The summed E-state index contributed by atoms with van der Waals surface area (Å²) in [6.45, 7) is 4.86. The van der Waals surface area contributed by atoms with E-state index in [1.165, 1.54) is 38.5 Å². The average molecular weight is 222 g/mol. The first-order valence-corrected chi connectivity index (χ1v) is 7.79. The van der Waals surface area contributed by atoms with E-state index in [4.69, 9.17) is 0 Å². The van der Waals surface area contributed by atoms with Gasteiger partial charge < -0.3 is 0 Å². The summed E-state index contributed by atoms with van der Waals surface area (Å²) < 4.78 is 0. The average Bonchev–Trinajstić information content (AvgIpc) is 2.80. The molecule has 0 heteroatoms. The van der Waals surface area contributed by atoms with Crippen molar-refractivity contribution in [2.24, 2.45) is 23.7 Å². The van der Waals surface area contributed by atoms with Crippen molar-refractivity contribution in [1.82, 2.24) is 0 Å². The number of hydrogen-bond acceptors (Lipinski definition) is 0. The lowest BCUT2D eigenvalue weighted by atomic mass is 9.71. The van der Waals surface area contributed by atoms with Crippen LogP contribution in [0.15, 0.2) is 0 Å². The predicted molar refractivity (Wildman–Crippen MR) is 71.5 cm³/mol. The molecule has 2 saturated carbocycles. The third-order valence-corrected chi connectivity index (χ3v) is 5.35. The van der Waals surface area contributed by atoms with Crippen molar-refractivity contribution in [2.45, 2.75) is 78.1 Å². The Bertz CT molecular complexity index is 190. The van der Waals surface area contributed by atoms with E-state index in [-0.39, 0.29) is 0 Å². The van der Waals surface area contributed by atoms with Gasteiger partial charge in [0, 0.05) is 0 Å². The molecule has 0 amide bonds. The zero-order valence-electron chi connectivity index (χ0n) is 11.4. The van der Waals surface area contributed by atoms with E-state index in [1.54, 1.807) is 25.7 Å². The summed E-state index contributed by atoms with van der Waals surface area (Å²) >= 11 is 0. The van der Waals surface area contributed by atoms with Gasteiger partial charge in [-0.2, -0.15) is 0 Å². The molecule has 0 nitrogen and oxygen atoms in total. The van der Waals surface area contributed by atoms with Gasteiger partial charge in [0.05, 0.1) is 0 Å². The van der Waals surface area contributed by atoms with Gasteiger partial charge in [-0.05, 0) is 42.9 Å². The smallest absolute Gasteiger partial charge is 0.0386 e. The van der Waals surface area contributed by atoms with Crippen molar-refractivity contribution in [3.8, 4) is 0 Å². The Labute approximate surface area is 102 Å². The molecule has 0 spiro atoms. The number of rotatable bonds is 4. The van der Waals surface area contributed by atoms with E-state index < -0.39 is 0 Å². The van der Waals surface area contributed by atoms with Crippen LogP contribution in [0.1, 0.15) is 78.1 Å². The third-order valence-electron chi connectivity index (χ3n) is 5.35. The van der Waals surface area contributed by atoms with Crippen LogP contribution >= 0.6 is 0 Å². The minimum Gasteiger partial charge on any atom is -0.0651 e. The van der Waals surface area contributed by atoms with Crippen molar-refractivity contribution in [1.29, 1.82) is 0 Å². The van der Waals surface area contributed by atoms with Gasteiger partial charge in [0.15, 0.2) is 0 Å². The van der Waals surface area contributed by atoms with Crippen molar-refractivity contribution in [3.05, 3.63) is 0 Å². The maximum absolute atomic E-state index is 2.45. The molecule has 2 fully saturated rings. The second kappa shape index (κ2) is 6.07. The standard InChI is InChI=1S/C16H30/c1-3-15-12-13(2)8-10-16(15)11-9-14-6-4-5-7-14/h13-16H,3-12H2,1-2H3. The zero-order valence-corrected chi connectivity index (χ0v) is 11.4. The normalized spacial score (nSPS) is 36.8. The molecular weight excluding hydrogens is 192 g/mol. The quantitative estimate of drug-likeness (QED) is 0.596. The molecule has 0 saturated heterocycles.